The largest absolute Gasteiger partial charge is 0.369 e. The molecule has 0 aliphatic carbocycles. The molecule has 1 aliphatic rings. The molecule has 3 aromatic carbocycles. The Morgan fingerprint density at radius 2 is 1.58 bits per heavy atom. The number of anilines is 3. The highest BCUT2D eigenvalue weighted by Crippen LogP contribution is 2.24. The van der Waals surface area contributed by atoms with Gasteiger partial charge in [-0.1, -0.05) is 18.2 Å². The summed E-state index contributed by atoms with van der Waals surface area (Å²) in [6.07, 6.45) is 0. The standard InChI is InChI=1S/C24H21N7/c25-16-17-1-3-18(4-2-17)19-5-10-22-23(15-19)28-24(30-29-22)27-20-6-8-21(9-7-20)31-13-11-26-12-14-31/h1-10,15,26H,11-14H2,(H,27,28,30). The molecule has 0 atom stereocenters. The number of nitrogens with one attached hydrogen (secondary N) is 2. The van der Waals surface area contributed by atoms with Gasteiger partial charge >= 0.3 is 0 Å². The van der Waals surface area contributed by atoms with E-state index in [1.807, 2.05) is 54.6 Å². The van der Waals surface area contributed by atoms with Crippen molar-refractivity contribution in [3.8, 4) is 17.2 Å². The zero-order valence-corrected chi connectivity index (χ0v) is 16.9. The Kier molecular flexibility index (Phi) is 5.13. The van der Waals surface area contributed by atoms with Gasteiger partial charge in [-0.15, -0.1) is 10.2 Å². The van der Waals surface area contributed by atoms with Crippen molar-refractivity contribution in [2.75, 3.05) is 36.4 Å². The summed E-state index contributed by atoms with van der Waals surface area (Å²) in [6.45, 7) is 4.07. The molecule has 152 valence electrons. The summed E-state index contributed by atoms with van der Waals surface area (Å²) in [5.41, 5.74) is 6.32. The Labute approximate surface area is 180 Å². The predicted octanol–water partition coefficient (Wildman–Crippen LogP) is 3.72. The Balaban J connectivity index is 1.36. The second-order valence-electron chi connectivity index (χ2n) is 7.44. The van der Waals surface area contributed by atoms with E-state index >= 15 is 0 Å². The molecule has 2 heterocycles. The molecule has 0 spiro atoms. The van der Waals surface area contributed by atoms with Crippen molar-refractivity contribution >= 4 is 28.4 Å². The van der Waals surface area contributed by atoms with Crippen molar-refractivity contribution in [2.24, 2.45) is 0 Å². The second kappa shape index (κ2) is 8.38. The maximum atomic E-state index is 8.99. The monoisotopic (exact) mass is 407 g/mol. The van der Waals surface area contributed by atoms with E-state index in [0.717, 1.165) is 54.0 Å². The lowest BCUT2D eigenvalue weighted by molar-refractivity contribution is 0.589. The lowest BCUT2D eigenvalue weighted by Crippen LogP contribution is -2.43. The average Bonchev–Trinajstić information content (AvgIpc) is 2.85. The number of nitrogens with zero attached hydrogens (tertiary/aromatic N) is 5. The van der Waals surface area contributed by atoms with E-state index in [2.05, 4.69) is 48.9 Å². The molecule has 1 saturated heterocycles. The second-order valence-corrected chi connectivity index (χ2v) is 7.44. The summed E-state index contributed by atoms with van der Waals surface area (Å²) < 4.78 is 0. The summed E-state index contributed by atoms with van der Waals surface area (Å²) in [4.78, 5) is 7.02. The van der Waals surface area contributed by atoms with E-state index in [0.29, 0.717) is 11.5 Å². The molecule has 0 radical (unpaired) electrons. The van der Waals surface area contributed by atoms with Crippen LogP contribution >= 0.6 is 0 Å². The number of fused-ring (bicyclic) bond motifs is 1. The van der Waals surface area contributed by atoms with Crippen LogP contribution in [0.5, 0.6) is 0 Å². The molecule has 1 aliphatic heterocycles. The molecule has 7 nitrogen and oxygen atoms in total. The summed E-state index contributed by atoms with van der Waals surface area (Å²) >= 11 is 0. The molecule has 31 heavy (non-hydrogen) atoms. The van der Waals surface area contributed by atoms with Crippen molar-refractivity contribution in [1.29, 1.82) is 5.26 Å². The fourth-order valence-electron chi connectivity index (χ4n) is 3.71. The van der Waals surface area contributed by atoms with Crippen LogP contribution in [-0.2, 0) is 0 Å². The first kappa shape index (κ1) is 19.0. The number of benzene rings is 3. The Bertz CT molecular complexity index is 1240. The van der Waals surface area contributed by atoms with Gasteiger partial charge < -0.3 is 15.5 Å². The fourth-order valence-corrected chi connectivity index (χ4v) is 3.71. The molecule has 0 saturated carbocycles. The molecule has 0 bridgehead atoms. The number of hydrogen-bond donors (Lipinski definition) is 2. The first-order valence-corrected chi connectivity index (χ1v) is 10.3. The number of hydrogen-bond acceptors (Lipinski definition) is 7. The zero-order valence-electron chi connectivity index (χ0n) is 16.9. The maximum absolute atomic E-state index is 8.99. The first-order valence-electron chi connectivity index (χ1n) is 10.3. The SMILES string of the molecule is N#Cc1ccc(-c2ccc3nnc(Nc4ccc(N5CCNCC5)cc4)nc3c2)cc1. The van der Waals surface area contributed by atoms with Gasteiger partial charge in [-0.2, -0.15) is 5.26 Å². The Hall–Kier alpha value is -4.02. The van der Waals surface area contributed by atoms with E-state index < -0.39 is 0 Å². The molecule has 2 N–H and O–H groups in total. The van der Waals surface area contributed by atoms with Crippen molar-refractivity contribution in [2.45, 2.75) is 0 Å². The average molecular weight is 407 g/mol. The minimum Gasteiger partial charge on any atom is -0.369 e. The van der Waals surface area contributed by atoms with Crippen LogP contribution < -0.4 is 15.5 Å². The van der Waals surface area contributed by atoms with Gasteiger partial charge in [0.2, 0.25) is 5.95 Å². The molecular weight excluding hydrogens is 386 g/mol. The Morgan fingerprint density at radius 1 is 0.839 bits per heavy atom. The van der Waals surface area contributed by atoms with Crippen LogP contribution in [0, 0.1) is 11.3 Å². The van der Waals surface area contributed by atoms with Gasteiger partial charge in [0, 0.05) is 37.6 Å². The van der Waals surface area contributed by atoms with Crippen LogP contribution in [0.25, 0.3) is 22.2 Å². The van der Waals surface area contributed by atoms with Gasteiger partial charge in [0.05, 0.1) is 17.1 Å². The molecule has 0 amide bonds. The summed E-state index contributed by atoms with van der Waals surface area (Å²) in [6, 6.07) is 23.8. The van der Waals surface area contributed by atoms with Gasteiger partial charge in [0.1, 0.15) is 5.52 Å². The number of aromatic nitrogens is 3. The molecule has 7 heteroatoms. The molecular formula is C24H21N7. The fraction of sp³-hybridized carbons (Fsp3) is 0.167. The van der Waals surface area contributed by atoms with Crippen LogP contribution in [0.3, 0.4) is 0 Å². The quantitative estimate of drug-likeness (QED) is 0.533. The first-order chi connectivity index (χ1) is 15.3. The van der Waals surface area contributed by atoms with Crippen LogP contribution in [0.15, 0.2) is 66.7 Å². The van der Waals surface area contributed by atoms with Gasteiger partial charge in [-0.25, -0.2) is 4.98 Å². The summed E-state index contributed by atoms with van der Waals surface area (Å²) in [7, 11) is 0. The zero-order chi connectivity index (χ0) is 21.0. The molecule has 1 fully saturated rings. The normalized spacial score (nSPS) is 13.7. The molecule has 1 aromatic heterocycles. The lowest BCUT2D eigenvalue weighted by Gasteiger charge is -2.29. The highest BCUT2D eigenvalue weighted by Gasteiger charge is 2.10. The van der Waals surface area contributed by atoms with Crippen LogP contribution in [0.1, 0.15) is 5.56 Å². The smallest absolute Gasteiger partial charge is 0.247 e. The highest BCUT2D eigenvalue weighted by molar-refractivity contribution is 5.82. The van der Waals surface area contributed by atoms with Crippen molar-refractivity contribution in [1.82, 2.24) is 20.5 Å². The predicted molar refractivity (Wildman–Crippen MR) is 122 cm³/mol. The van der Waals surface area contributed by atoms with E-state index in [4.69, 9.17) is 5.26 Å². The number of piperazine rings is 1. The Morgan fingerprint density at radius 3 is 2.32 bits per heavy atom. The van der Waals surface area contributed by atoms with Crippen LogP contribution in [0.2, 0.25) is 0 Å². The topological polar surface area (TPSA) is 89.8 Å². The van der Waals surface area contributed by atoms with E-state index in [-0.39, 0.29) is 0 Å². The third kappa shape index (κ3) is 4.15. The van der Waals surface area contributed by atoms with Crippen molar-refractivity contribution in [3.05, 3.63) is 72.3 Å². The number of nitriles is 1. The van der Waals surface area contributed by atoms with Gasteiger partial charge in [0.25, 0.3) is 0 Å². The maximum Gasteiger partial charge on any atom is 0.247 e. The third-order valence-corrected chi connectivity index (χ3v) is 5.41. The van der Waals surface area contributed by atoms with Crippen molar-refractivity contribution in [3.63, 3.8) is 0 Å². The van der Waals surface area contributed by atoms with E-state index in [9.17, 15) is 0 Å². The molecule has 0 unspecified atom stereocenters. The van der Waals surface area contributed by atoms with Gasteiger partial charge in [-0.3, -0.25) is 0 Å². The minimum atomic E-state index is 0.458. The lowest BCUT2D eigenvalue weighted by atomic mass is 10.0. The van der Waals surface area contributed by atoms with Gasteiger partial charge in [0.15, 0.2) is 0 Å². The summed E-state index contributed by atoms with van der Waals surface area (Å²) in [5, 5.41) is 24.1. The number of rotatable bonds is 4. The van der Waals surface area contributed by atoms with Crippen LogP contribution in [0.4, 0.5) is 17.3 Å². The van der Waals surface area contributed by atoms with E-state index in [1.54, 1.807) is 0 Å². The van der Waals surface area contributed by atoms with Crippen LogP contribution in [-0.4, -0.2) is 41.4 Å². The summed E-state index contributed by atoms with van der Waals surface area (Å²) in [5.74, 6) is 0.458. The van der Waals surface area contributed by atoms with Crippen molar-refractivity contribution < 1.29 is 0 Å². The third-order valence-electron chi connectivity index (χ3n) is 5.41. The molecule has 4 aromatic rings. The van der Waals surface area contributed by atoms with Gasteiger partial charge in [-0.05, 0) is 59.7 Å². The molecule has 5 rings (SSSR count). The van der Waals surface area contributed by atoms with E-state index in [1.165, 1.54) is 5.69 Å². The minimum absolute atomic E-state index is 0.458. The highest BCUT2D eigenvalue weighted by atomic mass is 15.2.